The SMILES string of the molecule is Fc1ccc(Br)nc1.O=C(O)c1cc(Br)ncc1F. The molecule has 2 aromatic rings. The van der Waals surface area contributed by atoms with E-state index in [-0.39, 0.29) is 11.4 Å². The smallest absolute Gasteiger partial charge is 0.338 e. The van der Waals surface area contributed by atoms with E-state index in [4.69, 9.17) is 5.11 Å². The van der Waals surface area contributed by atoms with Crippen LogP contribution in [0.3, 0.4) is 0 Å². The Bertz CT molecular complexity index is 558. The molecule has 1 N–H and O–H groups in total. The fourth-order valence-corrected chi connectivity index (χ4v) is 1.50. The Morgan fingerprint density at radius 3 is 2.16 bits per heavy atom. The van der Waals surface area contributed by atoms with Crippen molar-refractivity contribution in [1.29, 1.82) is 0 Å². The summed E-state index contributed by atoms with van der Waals surface area (Å²) < 4.78 is 25.5. The standard InChI is InChI=1S/C6H3BrFNO2.C5H3BrFN/c7-5-1-3(6(10)11)4(8)2-9-5;6-5-2-1-4(7)3-8-5/h1-2H,(H,10,11);1-3H. The van der Waals surface area contributed by atoms with Crippen LogP contribution in [0.15, 0.2) is 39.8 Å². The van der Waals surface area contributed by atoms with Gasteiger partial charge in [0, 0.05) is 0 Å². The number of hydrogen-bond acceptors (Lipinski definition) is 3. The number of carbonyl (C=O) groups is 1. The van der Waals surface area contributed by atoms with E-state index in [2.05, 4.69) is 41.8 Å². The number of hydrogen-bond donors (Lipinski definition) is 1. The molecule has 0 aliphatic carbocycles. The largest absolute Gasteiger partial charge is 0.478 e. The summed E-state index contributed by atoms with van der Waals surface area (Å²) >= 11 is 5.99. The maximum atomic E-state index is 12.6. The Morgan fingerprint density at radius 1 is 1.11 bits per heavy atom. The molecule has 0 aromatic carbocycles. The van der Waals surface area contributed by atoms with Gasteiger partial charge in [0.05, 0.1) is 18.0 Å². The second-order valence-corrected chi connectivity index (χ2v) is 4.72. The maximum absolute atomic E-state index is 12.6. The van der Waals surface area contributed by atoms with Crippen molar-refractivity contribution in [2.75, 3.05) is 0 Å². The second-order valence-electron chi connectivity index (χ2n) is 3.09. The third kappa shape index (κ3) is 5.39. The van der Waals surface area contributed by atoms with Crippen molar-refractivity contribution < 1.29 is 18.7 Å². The lowest BCUT2D eigenvalue weighted by atomic mass is 10.3. The van der Waals surface area contributed by atoms with Gasteiger partial charge in [-0.05, 0) is 50.1 Å². The summed E-state index contributed by atoms with van der Waals surface area (Å²) in [5.41, 5.74) is -0.383. The molecule has 0 amide bonds. The van der Waals surface area contributed by atoms with Crippen LogP contribution in [0.2, 0.25) is 0 Å². The molecule has 0 saturated carbocycles. The monoisotopic (exact) mass is 394 g/mol. The normalized spacial score (nSPS) is 9.47. The summed E-state index contributed by atoms with van der Waals surface area (Å²) in [5, 5.41) is 8.40. The topological polar surface area (TPSA) is 63.1 Å². The van der Waals surface area contributed by atoms with Gasteiger partial charge in [0.1, 0.15) is 15.0 Å². The molecular weight excluding hydrogens is 390 g/mol. The average Bonchev–Trinajstić information content (AvgIpc) is 2.36. The Balaban J connectivity index is 0.000000200. The zero-order chi connectivity index (χ0) is 14.4. The molecule has 4 nitrogen and oxygen atoms in total. The molecule has 0 aliphatic rings. The summed E-state index contributed by atoms with van der Waals surface area (Å²) in [6, 6.07) is 4.00. The van der Waals surface area contributed by atoms with Crippen LogP contribution < -0.4 is 0 Å². The fraction of sp³-hybridized carbons (Fsp3) is 0. The quantitative estimate of drug-likeness (QED) is 0.748. The first-order valence-electron chi connectivity index (χ1n) is 4.71. The summed E-state index contributed by atoms with van der Waals surface area (Å²) in [7, 11) is 0. The molecule has 100 valence electrons. The van der Waals surface area contributed by atoms with Crippen LogP contribution in [0.25, 0.3) is 0 Å². The predicted molar refractivity (Wildman–Crippen MR) is 70.7 cm³/mol. The summed E-state index contributed by atoms with van der Waals surface area (Å²) in [6.07, 6.45) is 2.01. The maximum Gasteiger partial charge on any atom is 0.338 e. The summed E-state index contributed by atoms with van der Waals surface area (Å²) in [5.74, 6) is -2.44. The van der Waals surface area contributed by atoms with Crippen LogP contribution in [-0.4, -0.2) is 21.0 Å². The number of rotatable bonds is 1. The van der Waals surface area contributed by atoms with Gasteiger partial charge in [0.15, 0.2) is 5.82 Å². The number of aromatic carboxylic acids is 1. The number of aromatic nitrogens is 2. The van der Waals surface area contributed by atoms with Gasteiger partial charge in [-0.3, -0.25) is 0 Å². The minimum Gasteiger partial charge on any atom is -0.478 e. The van der Waals surface area contributed by atoms with Crippen LogP contribution in [0.4, 0.5) is 8.78 Å². The van der Waals surface area contributed by atoms with Crippen molar-refractivity contribution in [2.24, 2.45) is 0 Å². The van der Waals surface area contributed by atoms with E-state index in [1.165, 1.54) is 6.07 Å². The zero-order valence-corrected chi connectivity index (χ0v) is 12.3. The van der Waals surface area contributed by atoms with E-state index in [1.54, 1.807) is 6.07 Å². The highest BCUT2D eigenvalue weighted by atomic mass is 79.9. The molecule has 8 heteroatoms. The molecule has 2 heterocycles. The van der Waals surface area contributed by atoms with Gasteiger partial charge in [-0.1, -0.05) is 0 Å². The van der Waals surface area contributed by atoms with Crippen molar-refractivity contribution >= 4 is 37.8 Å². The zero-order valence-electron chi connectivity index (χ0n) is 9.15. The van der Waals surface area contributed by atoms with Crippen molar-refractivity contribution in [3.63, 3.8) is 0 Å². The number of pyridine rings is 2. The third-order valence-electron chi connectivity index (χ3n) is 1.74. The molecule has 0 aliphatic heterocycles. The van der Waals surface area contributed by atoms with Crippen molar-refractivity contribution in [1.82, 2.24) is 9.97 Å². The molecule has 2 rings (SSSR count). The lowest BCUT2D eigenvalue weighted by molar-refractivity contribution is 0.0691. The van der Waals surface area contributed by atoms with Crippen LogP contribution in [0.5, 0.6) is 0 Å². The van der Waals surface area contributed by atoms with Gasteiger partial charge in [0.2, 0.25) is 0 Å². The molecular formula is C11H6Br2F2N2O2. The van der Waals surface area contributed by atoms with Crippen molar-refractivity contribution in [3.05, 3.63) is 57.0 Å². The van der Waals surface area contributed by atoms with E-state index < -0.39 is 11.8 Å². The minimum atomic E-state index is -1.30. The number of nitrogens with zero attached hydrogens (tertiary/aromatic N) is 2. The predicted octanol–water partition coefficient (Wildman–Crippen LogP) is 3.66. The average molecular weight is 396 g/mol. The van der Waals surface area contributed by atoms with E-state index in [0.29, 0.717) is 9.21 Å². The van der Waals surface area contributed by atoms with E-state index in [9.17, 15) is 13.6 Å². The fourth-order valence-electron chi connectivity index (χ4n) is 0.935. The Hall–Kier alpha value is -1.41. The van der Waals surface area contributed by atoms with Crippen molar-refractivity contribution in [2.45, 2.75) is 0 Å². The first-order valence-corrected chi connectivity index (χ1v) is 6.30. The highest BCUT2D eigenvalue weighted by molar-refractivity contribution is 9.10. The van der Waals surface area contributed by atoms with Crippen molar-refractivity contribution in [3.8, 4) is 0 Å². The second kappa shape index (κ2) is 7.25. The van der Waals surface area contributed by atoms with Crippen LogP contribution >= 0.6 is 31.9 Å². The third-order valence-corrected chi connectivity index (χ3v) is 2.65. The molecule has 0 radical (unpaired) electrons. The van der Waals surface area contributed by atoms with E-state index in [0.717, 1.165) is 18.5 Å². The Morgan fingerprint density at radius 2 is 1.74 bits per heavy atom. The molecule has 0 atom stereocenters. The highest BCUT2D eigenvalue weighted by Gasteiger charge is 2.10. The van der Waals surface area contributed by atoms with Gasteiger partial charge in [-0.15, -0.1) is 0 Å². The molecule has 2 aromatic heterocycles. The lowest BCUT2D eigenvalue weighted by Crippen LogP contribution is -2.00. The summed E-state index contributed by atoms with van der Waals surface area (Å²) in [4.78, 5) is 17.4. The Labute approximate surface area is 123 Å². The van der Waals surface area contributed by atoms with Crippen LogP contribution in [-0.2, 0) is 0 Å². The molecule has 19 heavy (non-hydrogen) atoms. The number of carboxylic acids is 1. The minimum absolute atomic E-state index is 0.302. The number of carboxylic acid groups (broad SMARTS) is 1. The molecule has 0 fully saturated rings. The Kier molecular flexibility index (Phi) is 5.97. The first-order chi connectivity index (χ1) is 8.90. The molecule has 0 saturated heterocycles. The molecule has 0 unspecified atom stereocenters. The number of halogens is 4. The van der Waals surface area contributed by atoms with E-state index >= 15 is 0 Å². The summed E-state index contributed by atoms with van der Waals surface area (Å²) in [6.45, 7) is 0. The van der Waals surface area contributed by atoms with Gasteiger partial charge in [0.25, 0.3) is 0 Å². The van der Waals surface area contributed by atoms with Crippen LogP contribution in [0.1, 0.15) is 10.4 Å². The highest BCUT2D eigenvalue weighted by Crippen LogP contribution is 2.11. The van der Waals surface area contributed by atoms with Gasteiger partial charge >= 0.3 is 5.97 Å². The molecule has 0 bridgehead atoms. The van der Waals surface area contributed by atoms with Gasteiger partial charge < -0.3 is 5.11 Å². The lowest BCUT2D eigenvalue weighted by Gasteiger charge is -1.95. The van der Waals surface area contributed by atoms with E-state index in [1.807, 2.05) is 0 Å². The first kappa shape index (κ1) is 15.6. The van der Waals surface area contributed by atoms with Crippen LogP contribution in [0, 0.1) is 11.6 Å². The van der Waals surface area contributed by atoms with Gasteiger partial charge in [-0.25, -0.2) is 23.5 Å². The van der Waals surface area contributed by atoms with Gasteiger partial charge in [-0.2, -0.15) is 0 Å². The molecule has 0 spiro atoms.